The summed E-state index contributed by atoms with van der Waals surface area (Å²) in [5.41, 5.74) is 2.97. The van der Waals surface area contributed by atoms with E-state index in [-0.39, 0.29) is 5.78 Å². The molecule has 2 aromatic rings. The minimum atomic E-state index is 0.0313. The summed E-state index contributed by atoms with van der Waals surface area (Å²) in [6, 6.07) is 7.31. The Morgan fingerprint density at radius 2 is 2.20 bits per heavy atom. The zero-order valence-electron chi connectivity index (χ0n) is 14.5. The molecule has 0 unspecified atom stereocenters. The summed E-state index contributed by atoms with van der Waals surface area (Å²) in [4.78, 5) is 15.9. The lowest BCUT2D eigenvalue weighted by molar-refractivity contribution is 0.101. The van der Waals surface area contributed by atoms with Crippen LogP contribution in [-0.4, -0.2) is 27.5 Å². The molecule has 25 heavy (non-hydrogen) atoms. The standard InChI is InChI=1S/C19H23N5O/c1-14(25)16-8-5-9-17(12-16)22-18-13-21-24-19(23-18)20-11-10-15-6-3-2-4-7-15/h5-6,8-9,12-13H,2-4,7,10-11H2,1H3,(H2,20,22,23,24). The van der Waals surface area contributed by atoms with Gasteiger partial charge in [-0.2, -0.15) is 10.1 Å². The van der Waals surface area contributed by atoms with Gasteiger partial charge >= 0.3 is 0 Å². The highest BCUT2D eigenvalue weighted by Gasteiger charge is 2.06. The van der Waals surface area contributed by atoms with Crippen molar-refractivity contribution in [2.24, 2.45) is 0 Å². The number of benzene rings is 1. The fourth-order valence-electron chi connectivity index (χ4n) is 2.87. The van der Waals surface area contributed by atoms with Crippen molar-refractivity contribution >= 4 is 23.2 Å². The first-order chi connectivity index (χ1) is 12.2. The molecule has 1 aromatic heterocycles. The molecule has 0 radical (unpaired) electrons. The number of carbonyl (C=O) groups is 1. The van der Waals surface area contributed by atoms with Gasteiger partial charge in [-0.3, -0.25) is 4.79 Å². The summed E-state index contributed by atoms with van der Waals surface area (Å²) in [6.45, 7) is 2.35. The number of allylic oxidation sites excluding steroid dienone is 1. The molecule has 3 rings (SSSR count). The van der Waals surface area contributed by atoms with Gasteiger partial charge in [-0.25, -0.2) is 0 Å². The normalized spacial score (nSPS) is 13.9. The number of ketones is 1. The van der Waals surface area contributed by atoms with Crippen LogP contribution in [0.25, 0.3) is 0 Å². The third-order valence-electron chi connectivity index (χ3n) is 4.21. The second-order valence-electron chi connectivity index (χ2n) is 6.21. The Labute approximate surface area is 147 Å². The van der Waals surface area contributed by atoms with Gasteiger partial charge in [-0.1, -0.05) is 23.8 Å². The van der Waals surface area contributed by atoms with E-state index in [4.69, 9.17) is 0 Å². The second kappa shape index (κ2) is 8.37. The second-order valence-corrected chi connectivity index (χ2v) is 6.21. The molecular formula is C19H23N5O. The van der Waals surface area contributed by atoms with Crippen LogP contribution in [0.3, 0.4) is 0 Å². The maximum absolute atomic E-state index is 11.5. The van der Waals surface area contributed by atoms with Gasteiger partial charge in [0.25, 0.3) is 0 Å². The smallest absolute Gasteiger partial charge is 0.244 e. The number of nitrogens with zero attached hydrogens (tertiary/aromatic N) is 3. The van der Waals surface area contributed by atoms with E-state index >= 15 is 0 Å². The van der Waals surface area contributed by atoms with E-state index in [9.17, 15) is 4.79 Å². The molecule has 0 saturated heterocycles. The van der Waals surface area contributed by atoms with Crippen molar-refractivity contribution in [1.29, 1.82) is 0 Å². The highest BCUT2D eigenvalue weighted by molar-refractivity contribution is 5.95. The van der Waals surface area contributed by atoms with Crippen molar-refractivity contribution in [3.63, 3.8) is 0 Å². The zero-order valence-corrected chi connectivity index (χ0v) is 14.5. The van der Waals surface area contributed by atoms with Crippen LogP contribution in [-0.2, 0) is 0 Å². The van der Waals surface area contributed by atoms with Crippen molar-refractivity contribution in [2.45, 2.75) is 39.0 Å². The van der Waals surface area contributed by atoms with Gasteiger partial charge in [0.05, 0.1) is 6.20 Å². The monoisotopic (exact) mass is 337 g/mol. The summed E-state index contributed by atoms with van der Waals surface area (Å²) < 4.78 is 0. The Kier molecular flexibility index (Phi) is 5.72. The molecule has 1 heterocycles. The van der Waals surface area contributed by atoms with Gasteiger partial charge in [0.15, 0.2) is 11.6 Å². The van der Waals surface area contributed by atoms with Crippen molar-refractivity contribution in [3.8, 4) is 0 Å². The predicted molar refractivity (Wildman–Crippen MR) is 99.2 cm³/mol. The van der Waals surface area contributed by atoms with Crippen LogP contribution in [0.2, 0.25) is 0 Å². The molecule has 2 N–H and O–H groups in total. The highest BCUT2D eigenvalue weighted by Crippen LogP contribution is 2.20. The molecule has 0 spiro atoms. The molecular weight excluding hydrogens is 314 g/mol. The summed E-state index contributed by atoms with van der Waals surface area (Å²) >= 11 is 0. The topological polar surface area (TPSA) is 79.8 Å². The van der Waals surface area contributed by atoms with E-state index in [0.29, 0.717) is 17.3 Å². The van der Waals surface area contributed by atoms with E-state index in [2.05, 4.69) is 31.9 Å². The number of anilines is 3. The fraction of sp³-hybridized carbons (Fsp3) is 0.368. The lowest BCUT2D eigenvalue weighted by Gasteiger charge is -2.13. The molecule has 1 aliphatic carbocycles. The van der Waals surface area contributed by atoms with E-state index in [1.165, 1.54) is 31.3 Å². The van der Waals surface area contributed by atoms with Crippen LogP contribution in [0, 0.1) is 0 Å². The molecule has 0 atom stereocenters. The number of rotatable bonds is 7. The maximum atomic E-state index is 11.5. The molecule has 1 aliphatic rings. The summed E-state index contributed by atoms with van der Waals surface area (Å²) in [5, 5.41) is 14.4. The third kappa shape index (κ3) is 5.11. The van der Waals surface area contributed by atoms with E-state index in [1.807, 2.05) is 12.1 Å². The van der Waals surface area contributed by atoms with Gasteiger partial charge in [0.2, 0.25) is 5.95 Å². The summed E-state index contributed by atoms with van der Waals surface area (Å²) in [6.07, 6.45) is 9.94. The molecule has 130 valence electrons. The van der Waals surface area contributed by atoms with Crippen LogP contribution in [0.5, 0.6) is 0 Å². The van der Waals surface area contributed by atoms with E-state index < -0.39 is 0 Å². The van der Waals surface area contributed by atoms with Gasteiger partial charge in [0, 0.05) is 17.8 Å². The van der Waals surface area contributed by atoms with Crippen LogP contribution in [0.15, 0.2) is 42.1 Å². The molecule has 0 bridgehead atoms. The molecule has 6 heteroatoms. The van der Waals surface area contributed by atoms with Crippen LogP contribution < -0.4 is 10.6 Å². The number of nitrogens with one attached hydrogen (secondary N) is 2. The molecule has 0 aliphatic heterocycles. The first kappa shape index (κ1) is 17.1. The number of aromatic nitrogens is 3. The van der Waals surface area contributed by atoms with E-state index in [0.717, 1.165) is 18.7 Å². The van der Waals surface area contributed by atoms with Crippen molar-refractivity contribution < 1.29 is 4.79 Å². The number of hydrogen-bond acceptors (Lipinski definition) is 6. The van der Waals surface area contributed by atoms with Crippen molar-refractivity contribution in [3.05, 3.63) is 47.7 Å². The number of carbonyl (C=O) groups excluding carboxylic acids is 1. The van der Waals surface area contributed by atoms with Gasteiger partial charge in [-0.05, 0) is 51.2 Å². The van der Waals surface area contributed by atoms with Crippen molar-refractivity contribution in [1.82, 2.24) is 15.2 Å². The SMILES string of the molecule is CC(=O)c1cccc(Nc2cnnc(NCCC3=CCCCC3)n2)c1. The van der Waals surface area contributed by atoms with E-state index in [1.54, 1.807) is 25.3 Å². The minimum absolute atomic E-state index is 0.0313. The molecule has 6 nitrogen and oxygen atoms in total. The Balaban J connectivity index is 1.58. The highest BCUT2D eigenvalue weighted by atomic mass is 16.1. The fourth-order valence-corrected chi connectivity index (χ4v) is 2.87. The summed E-state index contributed by atoms with van der Waals surface area (Å²) in [7, 11) is 0. The average Bonchev–Trinajstić information content (AvgIpc) is 2.63. The first-order valence-corrected chi connectivity index (χ1v) is 8.70. The third-order valence-corrected chi connectivity index (χ3v) is 4.21. The minimum Gasteiger partial charge on any atom is -0.353 e. The lowest BCUT2D eigenvalue weighted by Crippen LogP contribution is -2.09. The van der Waals surface area contributed by atoms with Crippen LogP contribution in [0.4, 0.5) is 17.5 Å². The Bertz CT molecular complexity index is 772. The summed E-state index contributed by atoms with van der Waals surface area (Å²) in [5.74, 6) is 1.13. The Morgan fingerprint density at radius 3 is 3.00 bits per heavy atom. The van der Waals surface area contributed by atoms with Gasteiger partial charge in [0.1, 0.15) is 0 Å². The molecule has 0 saturated carbocycles. The predicted octanol–water partition coefficient (Wildman–Crippen LogP) is 4.12. The average molecular weight is 337 g/mol. The maximum Gasteiger partial charge on any atom is 0.244 e. The van der Waals surface area contributed by atoms with Crippen molar-refractivity contribution in [2.75, 3.05) is 17.2 Å². The van der Waals surface area contributed by atoms with Crippen LogP contribution in [0.1, 0.15) is 49.4 Å². The largest absolute Gasteiger partial charge is 0.353 e. The molecule has 0 fully saturated rings. The zero-order chi connectivity index (χ0) is 17.5. The number of hydrogen-bond donors (Lipinski definition) is 2. The Morgan fingerprint density at radius 1 is 1.28 bits per heavy atom. The van der Waals surface area contributed by atoms with Gasteiger partial charge < -0.3 is 10.6 Å². The quantitative estimate of drug-likeness (QED) is 0.584. The number of Topliss-reactive ketones (excluding diaryl/α,β-unsaturated/α-hetero) is 1. The Hall–Kier alpha value is -2.76. The lowest BCUT2D eigenvalue weighted by atomic mass is 9.97. The molecule has 0 amide bonds. The van der Waals surface area contributed by atoms with Gasteiger partial charge in [-0.15, -0.1) is 5.10 Å². The van der Waals surface area contributed by atoms with Crippen LogP contribution >= 0.6 is 0 Å². The first-order valence-electron chi connectivity index (χ1n) is 8.70. The molecule has 1 aromatic carbocycles.